The van der Waals surface area contributed by atoms with Crippen molar-refractivity contribution in [3.63, 3.8) is 0 Å². The molecule has 2 unspecified atom stereocenters. The quantitative estimate of drug-likeness (QED) is 0.418. The van der Waals surface area contributed by atoms with Crippen LogP contribution in [0.5, 0.6) is 0 Å². The minimum Gasteiger partial charge on any atom is -0.745 e. The molecular formula is C8F17O3S-. The second-order valence-corrected chi connectivity index (χ2v) is 6.42. The van der Waals surface area contributed by atoms with Crippen molar-refractivity contribution in [2.75, 3.05) is 0 Å². The minimum atomic E-state index is -9.54. The summed E-state index contributed by atoms with van der Waals surface area (Å²) in [5.41, 5.74) is -19.0. The Hall–Kier alpha value is -1.28. The molecule has 0 N–H and O–H groups in total. The number of rotatable bonds is 3. The molecule has 3 nitrogen and oxygen atoms in total. The number of hydrogen-bond donors (Lipinski definition) is 0. The van der Waals surface area contributed by atoms with Gasteiger partial charge < -0.3 is 4.55 Å². The average molecular weight is 499 g/mol. The topological polar surface area (TPSA) is 57.2 Å². The zero-order valence-corrected chi connectivity index (χ0v) is 12.9. The maximum Gasteiger partial charge on any atom is 0.439 e. The second kappa shape index (κ2) is 6.36. The Balaban J connectivity index is 8.46. The highest BCUT2D eigenvalue weighted by molar-refractivity contribution is 7.87. The molecule has 0 saturated carbocycles. The van der Waals surface area contributed by atoms with Gasteiger partial charge in [0, 0.05) is 0 Å². The SMILES string of the molecule is O=S(=O)([O-])C(F)(C(F)(F)F)C(F)(C(F)(F)F)C(C(F)(F)F)(C(F)(F)F)C(F)(F)F. The van der Waals surface area contributed by atoms with Gasteiger partial charge in [-0.05, 0) is 0 Å². The molecule has 0 amide bonds. The Morgan fingerprint density at radius 3 is 0.793 bits per heavy atom. The van der Waals surface area contributed by atoms with Gasteiger partial charge in [-0.15, -0.1) is 0 Å². The van der Waals surface area contributed by atoms with Gasteiger partial charge in [0.2, 0.25) is 0 Å². The molecule has 0 aliphatic carbocycles. The number of alkyl halides is 17. The molecule has 0 saturated heterocycles. The first-order chi connectivity index (χ1) is 12.0. The molecule has 0 bridgehead atoms. The zero-order chi connectivity index (χ0) is 24.5. The molecule has 0 aliphatic heterocycles. The third-order valence-corrected chi connectivity index (χ3v) is 4.54. The van der Waals surface area contributed by atoms with Crippen molar-refractivity contribution in [1.29, 1.82) is 0 Å². The van der Waals surface area contributed by atoms with Crippen molar-refractivity contribution >= 4 is 10.1 Å². The molecule has 0 aromatic rings. The Morgan fingerprint density at radius 1 is 0.448 bits per heavy atom. The first-order valence-corrected chi connectivity index (χ1v) is 7.08. The monoisotopic (exact) mass is 499 g/mol. The lowest BCUT2D eigenvalue weighted by molar-refractivity contribution is -0.503. The van der Waals surface area contributed by atoms with Crippen molar-refractivity contribution in [2.24, 2.45) is 5.41 Å². The van der Waals surface area contributed by atoms with Crippen LogP contribution in [0, 0.1) is 5.41 Å². The first kappa shape index (κ1) is 27.7. The maximum atomic E-state index is 14.2. The molecule has 29 heavy (non-hydrogen) atoms. The Morgan fingerprint density at radius 2 is 0.690 bits per heavy atom. The van der Waals surface area contributed by atoms with E-state index in [2.05, 4.69) is 0 Å². The van der Waals surface area contributed by atoms with E-state index >= 15 is 0 Å². The highest BCUT2D eigenvalue weighted by Gasteiger charge is 3.04. The molecule has 0 rings (SSSR count). The van der Waals surface area contributed by atoms with Gasteiger partial charge in [-0.3, -0.25) is 0 Å². The van der Waals surface area contributed by atoms with E-state index in [9.17, 15) is 87.6 Å². The fourth-order valence-electron chi connectivity index (χ4n) is 2.21. The van der Waals surface area contributed by atoms with E-state index in [0.29, 0.717) is 0 Å². The van der Waals surface area contributed by atoms with Crippen LogP contribution in [0.1, 0.15) is 0 Å². The molecule has 0 fully saturated rings. The van der Waals surface area contributed by atoms with Crippen LogP contribution < -0.4 is 0 Å². The van der Waals surface area contributed by atoms with Crippen LogP contribution >= 0.6 is 0 Å². The molecular weight excluding hydrogens is 499 g/mol. The largest absolute Gasteiger partial charge is 0.745 e. The highest BCUT2D eigenvalue weighted by atomic mass is 32.2. The number of halogens is 17. The molecule has 21 heteroatoms. The highest BCUT2D eigenvalue weighted by Crippen LogP contribution is 2.74. The molecule has 176 valence electrons. The van der Waals surface area contributed by atoms with Crippen molar-refractivity contribution in [3.05, 3.63) is 0 Å². The van der Waals surface area contributed by atoms with Gasteiger partial charge in [-0.25, -0.2) is 17.2 Å². The summed E-state index contributed by atoms with van der Waals surface area (Å²) in [6.07, 6.45) is -44.0. The summed E-state index contributed by atoms with van der Waals surface area (Å²) in [4.78, 5) is 0. The summed E-state index contributed by atoms with van der Waals surface area (Å²) in [5, 5.41) is -8.97. The van der Waals surface area contributed by atoms with Gasteiger partial charge in [-0.1, -0.05) is 0 Å². The summed E-state index contributed by atoms with van der Waals surface area (Å²) in [6, 6.07) is 0. The Kier molecular flexibility index (Phi) is 6.08. The predicted octanol–water partition coefficient (Wildman–Crippen LogP) is 4.70. The van der Waals surface area contributed by atoms with Crippen LogP contribution in [0.25, 0.3) is 0 Å². The summed E-state index contributed by atoms with van der Waals surface area (Å²) in [6.45, 7) is 0. The van der Waals surface area contributed by atoms with Gasteiger partial charge in [0.15, 0.2) is 0 Å². The summed E-state index contributed by atoms with van der Waals surface area (Å²) in [5.74, 6) is 0. The number of hydrogen-bond acceptors (Lipinski definition) is 3. The molecule has 0 aromatic carbocycles. The van der Waals surface area contributed by atoms with Crippen LogP contribution in [-0.4, -0.2) is 54.5 Å². The standard InChI is InChI=1S/C8HF17O3S/c9-2(7(20,21)22,3(10,8(23,24)25)29(26,27)28)1(4(11,12)13,5(14,15)16)6(17,18)19/h(H,26,27,28)/p-1. The van der Waals surface area contributed by atoms with Crippen LogP contribution in [-0.2, 0) is 10.1 Å². The van der Waals surface area contributed by atoms with E-state index in [1.54, 1.807) is 0 Å². The first-order valence-electron chi connectivity index (χ1n) is 5.67. The van der Waals surface area contributed by atoms with Gasteiger partial charge >= 0.3 is 41.3 Å². The smallest absolute Gasteiger partial charge is 0.439 e. The summed E-state index contributed by atoms with van der Waals surface area (Å²) in [7, 11) is -9.06. The van der Waals surface area contributed by atoms with Crippen LogP contribution in [0.15, 0.2) is 0 Å². The van der Waals surface area contributed by atoms with Gasteiger partial charge in [0.1, 0.15) is 10.1 Å². The average Bonchev–Trinajstić information content (AvgIpc) is 2.27. The molecule has 0 aromatic heterocycles. The Labute approximate surface area is 146 Å². The predicted molar refractivity (Wildman–Crippen MR) is 50.1 cm³/mol. The molecule has 0 heterocycles. The fraction of sp³-hybridized carbons (Fsp3) is 1.00. The van der Waals surface area contributed by atoms with E-state index in [1.807, 2.05) is 0 Å². The Bertz CT molecular complexity index is 684. The van der Waals surface area contributed by atoms with E-state index < -0.39 is 57.1 Å². The van der Waals surface area contributed by atoms with Crippen LogP contribution in [0.2, 0.25) is 0 Å². The normalized spacial score (nSPS) is 20.2. The maximum absolute atomic E-state index is 14.2. The van der Waals surface area contributed by atoms with Crippen molar-refractivity contribution in [3.8, 4) is 0 Å². The zero-order valence-electron chi connectivity index (χ0n) is 12.1. The van der Waals surface area contributed by atoms with E-state index in [-0.39, 0.29) is 0 Å². The molecule has 0 radical (unpaired) electrons. The van der Waals surface area contributed by atoms with Gasteiger partial charge in [0.25, 0.3) is 5.67 Å². The van der Waals surface area contributed by atoms with Gasteiger partial charge in [0.05, 0.1) is 0 Å². The third kappa shape index (κ3) is 3.26. The fourth-order valence-corrected chi connectivity index (χ4v) is 3.11. The molecule has 2 atom stereocenters. The summed E-state index contributed by atoms with van der Waals surface area (Å²) < 4.78 is 249. The lowest BCUT2D eigenvalue weighted by atomic mass is 9.67. The second-order valence-electron chi connectivity index (χ2n) is 4.95. The van der Waals surface area contributed by atoms with Crippen molar-refractivity contribution in [2.45, 2.75) is 41.6 Å². The molecule has 0 aliphatic rings. The van der Waals surface area contributed by atoms with Crippen LogP contribution in [0.4, 0.5) is 74.6 Å². The van der Waals surface area contributed by atoms with Gasteiger partial charge in [-0.2, -0.15) is 65.9 Å². The minimum absolute atomic E-state index is 8.52. The third-order valence-electron chi connectivity index (χ3n) is 3.34. The van der Waals surface area contributed by atoms with Crippen LogP contribution in [0.3, 0.4) is 0 Å². The summed E-state index contributed by atoms with van der Waals surface area (Å²) >= 11 is 0. The van der Waals surface area contributed by atoms with E-state index in [1.165, 1.54) is 0 Å². The lowest BCUT2D eigenvalue weighted by Gasteiger charge is -2.52. The molecule has 0 spiro atoms. The van der Waals surface area contributed by atoms with Crippen molar-refractivity contribution < 1.29 is 87.6 Å². The van der Waals surface area contributed by atoms with E-state index in [0.717, 1.165) is 0 Å². The lowest BCUT2D eigenvalue weighted by Crippen LogP contribution is -2.83. The van der Waals surface area contributed by atoms with Crippen molar-refractivity contribution in [1.82, 2.24) is 0 Å². The van der Waals surface area contributed by atoms with E-state index in [4.69, 9.17) is 0 Å².